The molecule has 1 aliphatic heterocycles. The van der Waals surface area contributed by atoms with Gasteiger partial charge in [-0.2, -0.15) is 0 Å². The fourth-order valence-electron chi connectivity index (χ4n) is 3.35. The van der Waals surface area contributed by atoms with Gasteiger partial charge in [0.05, 0.1) is 17.9 Å². The minimum absolute atomic E-state index is 0.0157. The number of nitrogens with zero attached hydrogens (tertiary/aromatic N) is 2. The van der Waals surface area contributed by atoms with E-state index in [1.807, 2.05) is 41.1 Å². The molecule has 1 aliphatic rings. The highest BCUT2D eigenvalue weighted by molar-refractivity contribution is 6.31. The van der Waals surface area contributed by atoms with Crippen LogP contribution < -0.4 is 0 Å². The molecule has 0 bridgehead atoms. The number of furan rings is 1. The van der Waals surface area contributed by atoms with Gasteiger partial charge in [-0.1, -0.05) is 17.7 Å². The summed E-state index contributed by atoms with van der Waals surface area (Å²) in [5, 5.41) is 0.989. The summed E-state index contributed by atoms with van der Waals surface area (Å²) in [4.78, 5) is 4.66. The van der Waals surface area contributed by atoms with E-state index in [0.29, 0.717) is 28.4 Å². The summed E-state index contributed by atoms with van der Waals surface area (Å²) in [6, 6.07) is 13.1. The standard InChI is InChI=1S/C20H11ClF2N2O/c21-14-3-1-4-16-13(14)10-24-19(17-5-2-6-25(16)17)18-8-11-7-12(22)9-15(23)20(11)26-18/h1-9H,10H2. The van der Waals surface area contributed by atoms with Gasteiger partial charge in [0.15, 0.2) is 17.2 Å². The van der Waals surface area contributed by atoms with E-state index in [4.69, 9.17) is 16.0 Å². The van der Waals surface area contributed by atoms with Crippen molar-refractivity contribution < 1.29 is 13.2 Å². The van der Waals surface area contributed by atoms with Crippen LogP contribution in [0.25, 0.3) is 16.7 Å². The maximum Gasteiger partial charge on any atom is 0.170 e. The molecule has 2 aromatic carbocycles. The van der Waals surface area contributed by atoms with E-state index in [2.05, 4.69) is 4.99 Å². The lowest BCUT2D eigenvalue weighted by Gasteiger charge is -2.10. The minimum atomic E-state index is -0.734. The Kier molecular flexibility index (Phi) is 3.27. The van der Waals surface area contributed by atoms with Crippen molar-refractivity contribution in [2.75, 3.05) is 0 Å². The predicted octanol–water partition coefficient (Wildman–Crippen LogP) is 5.51. The molecule has 0 aliphatic carbocycles. The first-order chi connectivity index (χ1) is 12.6. The van der Waals surface area contributed by atoms with Gasteiger partial charge < -0.3 is 8.98 Å². The zero-order chi connectivity index (χ0) is 17.8. The number of hydrogen-bond donors (Lipinski definition) is 0. The summed E-state index contributed by atoms with van der Waals surface area (Å²) in [6.45, 7) is 0.361. The van der Waals surface area contributed by atoms with Gasteiger partial charge >= 0.3 is 0 Å². The van der Waals surface area contributed by atoms with Gasteiger partial charge in [0.1, 0.15) is 11.5 Å². The largest absolute Gasteiger partial charge is 0.451 e. The van der Waals surface area contributed by atoms with Crippen molar-refractivity contribution in [2.45, 2.75) is 6.54 Å². The monoisotopic (exact) mass is 368 g/mol. The average Bonchev–Trinajstić information content (AvgIpc) is 3.21. The zero-order valence-corrected chi connectivity index (χ0v) is 14.1. The average molecular weight is 369 g/mol. The van der Waals surface area contributed by atoms with Crippen LogP contribution in [0, 0.1) is 11.6 Å². The van der Waals surface area contributed by atoms with Crippen LogP contribution in [0.5, 0.6) is 0 Å². The van der Waals surface area contributed by atoms with E-state index in [0.717, 1.165) is 23.0 Å². The van der Waals surface area contributed by atoms with Crippen molar-refractivity contribution in [3.05, 3.63) is 88.4 Å². The molecule has 0 N–H and O–H groups in total. The lowest BCUT2D eigenvalue weighted by molar-refractivity contribution is 0.542. The van der Waals surface area contributed by atoms with E-state index in [1.165, 1.54) is 6.07 Å². The van der Waals surface area contributed by atoms with Crippen molar-refractivity contribution in [1.82, 2.24) is 4.57 Å². The van der Waals surface area contributed by atoms with Gasteiger partial charge in [0, 0.05) is 28.2 Å². The first-order valence-corrected chi connectivity index (χ1v) is 8.38. The summed E-state index contributed by atoms with van der Waals surface area (Å²) in [5.74, 6) is -0.997. The van der Waals surface area contributed by atoms with E-state index >= 15 is 0 Å². The Hall–Kier alpha value is -2.92. The summed E-state index contributed by atoms with van der Waals surface area (Å²) >= 11 is 6.35. The normalized spacial score (nSPS) is 13.3. The Morgan fingerprint density at radius 1 is 1.08 bits per heavy atom. The highest BCUT2D eigenvalue weighted by atomic mass is 35.5. The minimum Gasteiger partial charge on any atom is -0.451 e. The van der Waals surface area contributed by atoms with Crippen LogP contribution in [-0.2, 0) is 6.54 Å². The second-order valence-electron chi connectivity index (χ2n) is 6.08. The quantitative estimate of drug-likeness (QED) is 0.436. The third-order valence-electron chi connectivity index (χ3n) is 4.51. The van der Waals surface area contributed by atoms with Crippen LogP contribution in [0.1, 0.15) is 17.0 Å². The van der Waals surface area contributed by atoms with Crippen molar-refractivity contribution in [3.8, 4) is 5.69 Å². The van der Waals surface area contributed by atoms with Crippen LogP contribution in [0.4, 0.5) is 8.78 Å². The van der Waals surface area contributed by atoms with Crippen LogP contribution in [0.15, 0.2) is 64.1 Å². The molecular formula is C20H11ClF2N2O. The van der Waals surface area contributed by atoms with Crippen LogP contribution >= 0.6 is 11.6 Å². The molecule has 0 amide bonds. The molecule has 0 spiro atoms. The maximum absolute atomic E-state index is 14.0. The summed E-state index contributed by atoms with van der Waals surface area (Å²) in [5.41, 5.74) is 3.21. The third-order valence-corrected chi connectivity index (χ3v) is 4.86. The summed E-state index contributed by atoms with van der Waals surface area (Å²) < 4.78 is 35.2. The topological polar surface area (TPSA) is 30.4 Å². The Labute approximate surface area is 152 Å². The number of halogens is 3. The summed E-state index contributed by atoms with van der Waals surface area (Å²) in [7, 11) is 0. The molecule has 3 heterocycles. The van der Waals surface area contributed by atoms with Crippen molar-refractivity contribution >= 4 is 28.3 Å². The molecule has 128 valence electrons. The first kappa shape index (κ1) is 15.3. The van der Waals surface area contributed by atoms with E-state index in [1.54, 1.807) is 6.07 Å². The molecule has 0 saturated carbocycles. The maximum atomic E-state index is 14.0. The van der Waals surface area contributed by atoms with Gasteiger partial charge in [0.25, 0.3) is 0 Å². The smallest absolute Gasteiger partial charge is 0.170 e. The lowest BCUT2D eigenvalue weighted by Crippen LogP contribution is -2.07. The van der Waals surface area contributed by atoms with E-state index in [-0.39, 0.29) is 5.58 Å². The van der Waals surface area contributed by atoms with Gasteiger partial charge in [0.2, 0.25) is 0 Å². The molecule has 0 unspecified atom stereocenters. The molecule has 6 heteroatoms. The molecule has 4 aromatic rings. The molecule has 2 aromatic heterocycles. The second kappa shape index (κ2) is 5.54. The van der Waals surface area contributed by atoms with Crippen LogP contribution in [0.3, 0.4) is 0 Å². The Bertz CT molecular complexity index is 1210. The molecule has 0 fully saturated rings. The van der Waals surface area contributed by atoms with Crippen molar-refractivity contribution in [3.63, 3.8) is 0 Å². The van der Waals surface area contributed by atoms with Crippen molar-refractivity contribution in [1.29, 1.82) is 0 Å². The predicted molar refractivity (Wildman–Crippen MR) is 96.3 cm³/mol. The van der Waals surface area contributed by atoms with E-state index in [9.17, 15) is 8.78 Å². The van der Waals surface area contributed by atoms with Gasteiger partial charge in [-0.15, -0.1) is 0 Å². The van der Waals surface area contributed by atoms with E-state index < -0.39 is 11.6 Å². The highest BCUT2D eigenvalue weighted by Crippen LogP contribution is 2.31. The Morgan fingerprint density at radius 2 is 1.96 bits per heavy atom. The van der Waals surface area contributed by atoms with Crippen LogP contribution in [0.2, 0.25) is 5.02 Å². The number of benzene rings is 2. The molecule has 5 rings (SSSR count). The number of aliphatic imine (C=N–C) groups is 1. The van der Waals surface area contributed by atoms with Crippen LogP contribution in [-0.4, -0.2) is 10.3 Å². The number of aromatic nitrogens is 1. The molecular weight excluding hydrogens is 358 g/mol. The number of rotatable bonds is 1. The summed E-state index contributed by atoms with van der Waals surface area (Å²) in [6.07, 6.45) is 1.91. The Balaban J connectivity index is 1.74. The van der Waals surface area contributed by atoms with Gasteiger partial charge in [-0.05, 0) is 36.4 Å². The fourth-order valence-corrected chi connectivity index (χ4v) is 3.58. The first-order valence-electron chi connectivity index (χ1n) is 8.01. The van der Waals surface area contributed by atoms with Gasteiger partial charge in [-0.3, -0.25) is 4.99 Å². The number of fused-ring (bicyclic) bond motifs is 4. The highest BCUT2D eigenvalue weighted by Gasteiger charge is 2.23. The number of hydrogen-bond acceptors (Lipinski definition) is 2. The molecule has 26 heavy (non-hydrogen) atoms. The lowest BCUT2D eigenvalue weighted by atomic mass is 10.1. The zero-order valence-electron chi connectivity index (χ0n) is 13.3. The molecule has 0 atom stereocenters. The Morgan fingerprint density at radius 3 is 2.85 bits per heavy atom. The second-order valence-corrected chi connectivity index (χ2v) is 6.49. The fraction of sp³-hybridized carbons (Fsp3) is 0.0500. The van der Waals surface area contributed by atoms with Gasteiger partial charge in [-0.25, -0.2) is 8.78 Å². The molecule has 3 nitrogen and oxygen atoms in total. The third kappa shape index (κ3) is 2.21. The molecule has 0 radical (unpaired) electrons. The van der Waals surface area contributed by atoms with Crippen molar-refractivity contribution in [2.24, 2.45) is 4.99 Å². The SMILES string of the molecule is Fc1cc(F)c2oc(C3=NCc4c(Cl)cccc4-n4cccc43)cc2c1. The molecule has 0 saturated heterocycles.